The van der Waals surface area contributed by atoms with Crippen LogP contribution in [0.15, 0.2) is 24.3 Å². The van der Waals surface area contributed by atoms with Crippen molar-refractivity contribution in [1.82, 2.24) is 4.90 Å². The number of carbonyl (C=O) groups excluding carboxylic acids is 2. The van der Waals surface area contributed by atoms with Crippen LogP contribution in [0.5, 0.6) is 0 Å². The molecule has 1 aliphatic carbocycles. The van der Waals surface area contributed by atoms with Gasteiger partial charge in [-0.2, -0.15) is 5.26 Å². The summed E-state index contributed by atoms with van der Waals surface area (Å²) in [7, 11) is 0. The van der Waals surface area contributed by atoms with Crippen LogP contribution in [0.2, 0.25) is 0 Å². The molecule has 19 heavy (non-hydrogen) atoms. The Morgan fingerprint density at radius 3 is 2.79 bits per heavy atom. The summed E-state index contributed by atoms with van der Waals surface area (Å²) < 4.78 is 0. The minimum atomic E-state index is -0.239. The summed E-state index contributed by atoms with van der Waals surface area (Å²) in [4.78, 5) is 24.9. The molecule has 0 saturated heterocycles. The smallest absolute Gasteiger partial charge is 0.244 e. The van der Waals surface area contributed by atoms with Crippen LogP contribution in [0, 0.1) is 11.3 Å². The summed E-state index contributed by atoms with van der Waals surface area (Å²) in [6.45, 7) is 1.54. The molecule has 1 fully saturated rings. The topological polar surface area (TPSA) is 73.2 Å². The maximum absolute atomic E-state index is 11.9. The van der Waals surface area contributed by atoms with Gasteiger partial charge in [0.1, 0.15) is 6.54 Å². The van der Waals surface area contributed by atoms with Crippen LogP contribution in [-0.2, 0) is 9.59 Å². The molecule has 1 N–H and O–H groups in total. The van der Waals surface area contributed by atoms with E-state index in [1.165, 1.54) is 6.92 Å². The van der Waals surface area contributed by atoms with E-state index < -0.39 is 0 Å². The van der Waals surface area contributed by atoms with Crippen molar-refractivity contribution in [3.8, 4) is 6.07 Å². The fourth-order valence-electron chi connectivity index (χ4n) is 1.91. The first kappa shape index (κ1) is 13.1. The Balaban J connectivity index is 1.96. The standard InChI is InChI=1S/C14H15N3O2/c1-10(18)17(13-5-6-13)9-14(19)16-12-4-2-3-11(7-12)8-15/h2-4,7,13H,5-6,9H2,1H3,(H,16,19). The summed E-state index contributed by atoms with van der Waals surface area (Å²) in [6.07, 6.45) is 1.94. The number of anilines is 1. The number of benzene rings is 1. The van der Waals surface area contributed by atoms with Crippen molar-refractivity contribution >= 4 is 17.5 Å². The molecule has 98 valence electrons. The SMILES string of the molecule is CC(=O)N(CC(=O)Nc1cccc(C#N)c1)C1CC1. The molecule has 0 radical (unpaired) electrons. The normalized spacial score (nSPS) is 13.5. The molecule has 0 unspecified atom stereocenters. The first-order valence-electron chi connectivity index (χ1n) is 6.17. The van der Waals surface area contributed by atoms with E-state index in [-0.39, 0.29) is 24.4 Å². The third kappa shape index (κ3) is 3.55. The highest BCUT2D eigenvalue weighted by Gasteiger charge is 2.31. The molecule has 2 amide bonds. The maximum atomic E-state index is 11.9. The van der Waals surface area contributed by atoms with Gasteiger partial charge in [-0.1, -0.05) is 6.07 Å². The molecule has 0 spiro atoms. The fraction of sp³-hybridized carbons (Fsp3) is 0.357. The van der Waals surface area contributed by atoms with Gasteiger partial charge >= 0.3 is 0 Å². The third-order valence-electron chi connectivity index (χ3n) is 2.98. The molecule has 0 atom stereocenters. The average molecular weight is 257 g/mol. The van der Waals surface area contributed by atoms with Gasteiger partial charge in [0.25, 0.3) is 0 Å². The highest BCUT2D eigenvalue weighted by Crippen LogP contribution is 2.26. The zero-order valence-electron chi connectivity index (χ0n) is 10.7. The van der Waals surface area contributed by atoms with E-state index >= 15 is 0 Å². The van der Waals surface area contributed by atoms with Gasteiger partial charge in [0, 0.05) is 18.7 Å². The van der Waals surface area contributed by atoms with Crippen LogP contribution in [0.1, 0.15) is 25.3 Å². The number of rotatable bonds is 4. The molecule has 1 saturated carbocycles. The number of hydrogen-bond donors (Lipinski definition) is 1. The zero-order valence-corrected chi connectivity index (χ0v) is 10.7. The molecule has 1 aromatic rings. The Labute approximate surface area is 111 Å². The second kappa shape index (κ2) is 5.53. The second-order valence-electron chi connectivity index (χ2n) is 4.62. The molecule has 0 aromatic heterocycles. The van der Waals surface area contributed by atoms with Crippen LogP contribution in [-0.4, -0.2) is 29.3 Å². The molecule has 2 rings (SSSR count). The molecule has 0 bridgehead atoms. The molecular weight excluding hydrogens is 242 g/mol. The molecule has 1 aromatic carbocycles. The molecule has 5 nitrogen and oxygen atoms in total. The Kier molecular flexibility index (Phi) is 3.81. The third-order valence-corrected chi connectivity index (χ3v) is 2.98. The second-order valence-corrected chi connectivity index (χ2v) is 4.62. The van der Waals surface area contributed by atoms with E-state index in [1.807, 2.05) is 6.07 Å². The van der Waals surface area contributed by atoms with Crippen LogP contribution in [0.4, 0.5) is 5.69 Å². The van der Waals surface area contributed by atoms with Crippen molar-refractivity contribution < 1.29 is 9.59 Å². The Morgan fingerprint density at radius 1 is 1.47 bits per heavy atom. The van der Waals surface area contributed by atoms with Crippen molar-refractivity contribution in [3.05, 3.63) is 29.8 Å². The van der Waals surface area contributed by atoms with Crippen LogP contribution in [0.25, 0.3) is 0 Å². The van der Waals surface area contributed by atoms with Crippen LogP contribution >= 0.6 is 0 Å². The van der Waals surface area contributed by atoms with Gasteiger partial charge in [-0.05, 0) is 31.0 Å². The monoisotopic (exact) mass is 257 g/mol. The van der Waals surface area contributed by atoms with E-state index in [9.17, 15) is 9.59 Å². The lowest BCUT2D eigenvalue weighted by Gasteiger charge is -2.19. The quantitative estimate of drug-likeness (QED) is 0.888. The molecular formula is C14H15N3O2. The summed E-state index contributed by atoms with van der Waals surface area (Å²) >= 11 is 0. The average Bonchev–Trinajstić information content (AvgIpc) is 3.20. The highest BCUT2D eigenvalue weighted by atomic mass is 16.2. The molecule has 0 aliphatic heterocycles. The van der Waals surface area contributed by atoms with Crippen molar-refractivity contribution in [2.75, 3.05) is 11.9 Å². The molecule has 5 heteroatoms. The summed E-state index contributed by atoms with van der Waals surface area (Å²) in [6, 6.07) is 8.92. The lowest BCUT2D eigenvalue weighted by molar-refractivity contribution is -0.133. The van der Waals surface area contributed by atoms with E-state index in [1.54, 1.807) is 29.2 Å². The lowest BCUT2D eigenvalue weighted by Crippen LogP contribution is -2.38. The largest absolute Gasteiger partial charge is 0.331 e. The van der Waals surface area contributed by atoms with Gasteiger partial charge in [0.2, 0.25) is 11.8 Å². The van der Waals surface area contributed by atoms with Gasteiger partial charge in [-0.3, -0.25) is 9.59 Å². The van der Waals surface area contributed by atoms with Gasteiger partial charge < -0.3 is 10.2 Å². The number of nitriles is 1. The molecule has 1 aliphatic rings. The predicted molar refractivity (Wildman–Crippen MR) is 70.2 cm³/mol. The summed E-state index contributed by atoms with van der Waals surface area (Å²) in [5.74, 6) is -0.319. The van der Waals surface area contributed by atoms with E-state index in [0.717, 1.165) is 12.8 Å². The molecule has 0 heterocycles. The van der Waals surface area contributed by atoms with Crippen LogP contribution in [0.3, 0.4) is 0 Å². The minimum Gasteiger partial charge on any atom is -0.331 e. The van der Waals surface area contributed by atoms with Crippen molar-refractivity contribution in [1.29, 1.82) is 5.26 Å². The predicted octanol–water partition coefficient (Wildman–Crippen LogP) is 1.51. The highest BCUT2D eigenvalue weighted by molar-refractivity contribution is 5.94. The number of nitrogens with zero attached hydrogens (tertiary/aromatic N) is 2. The van der Waals surface area contributed by atoms with Gasteiger partial charge in [0.05, 0.1) is 11.6 Å². The van der Waals surface area contributed by atoms with Crippen molar-refractivity contribution in [3.63, 3.8) is 0 Å². The Bertz CT molecular complexity index is 544. The van der Waals surface area contributed by atoms with E-state index in [0.29, 0.717) is 11.3 Å². The number of nitrogens with one attached hydrogen (secondary N) is 1. The van der Waals surface area contributed by atoms with Gasteiger partial charge in [-0.25, -0.2) is 0 Å². The first-order valence-corrected chi connectivity index (χ1v) is 6.17. The Hall–Kier alpha value is -2.35. The Morgan fingerprint density at radius 2 is 2.21 bits per heavy atom. The number of hydrogen-bond acceptors (Lipinski definition) is 3. The summed E-state index contributed by atoms with van der Waals surface area (Å²) in [5, 5.41) is 11.5. The van der Waals surface area contributed by atoms with Crippen LogP contribution < -0.4 is 5.32 Å². The first-order chi connectivity index (χ1) is 9.10. The maximum Gasteiger partial charge on any atom is 0.244 e. The van der Waals surface area contributed by atoms with Gasteiger partial charge in [0.15, 0.2) is 0 Å². The van der Waals surface area contributed by atoms with E-state index in [4.69, 9.17) is 5.26 Å². The zero-order chi connectivity index (χ0) is 13.8. The van der Waals surface area contributed by atoms with Crippen molar-refractivity contribution in [2.24, 2.45) is 0 Å². The summed E-state index contributed by atoms with van der Waals surface area (Å²) in [5.41, 5.74) is 1.06. The minimum absolute atomic E-state index is 0.0663. The lowest BCUT2D eigenvalue weighted by atomic mass is 10.2. The number of carbonyl (C=O) groups is 2. The fourth-order valence-corrected chi connectivity index (χ4v) is 1.91. The van der Waals surface area contributed by atoms with E-state index in [2.05, 4.69) is 5.32 Å². The number of amides is 2. The van der Waals surface area contributed by atoms with Crippen molar-refractivity contribution in [2.45, 2.75) is 25.8 Å². The van der Waals surface area contributed by atoms with Gasteiger partial charge in [-0.15, -0.1) is 0 Å².